The van der Waals surface area contributed by atoms with E-state index in [4.69, 9.17) is 10.9 Å². The summed E-state index contributed by atoms with van der Waals surface area (Å²) in [4.78, 5) is 21.5. The molecule has 4 N–H and O–H groups in total. The smallest absolute Gasteiger partial charge is 0.234 e. The highest BCUT2D eigenvalue weighted by Gasteiger charge is 2.34. The van der Waals surface area contributed by atoms with Gasteiger partial charge in [-0.2, -0.15) is 4.98 Å². The lowest BCUT2D eigenvalue weighted by molar-refractivity contribution is -0.117. The van der Waals surface area contributed by atoms with Gasteiger partial charge in [-0.3, -0.25) is 9.69 Å². The lowest BCUT2D eigenvalue weighted by Crippen LogP contribution is -2.29. The summed E-state index contributed by atoms with van der Waals surface area (Å²) < 4.78 is 36.1. The van der Waals surface area contributed by atoms with E-state index in [-0.39, 0.29) is 47.3 Å². The standard InChI is InChI=1S/C13H14FN5O3S/c14-8-2-1-3-9-11(8)12(15)18-13(17-9)19-5-7(4-10(19)20)6-23(16,21)22/h1-3,7H,4-6H2,(H2,15,17,18)(H2,16,21,22). The molecular formula is C13H14FN5O3S. The van der Waals surface area contributed by atoms with Crippen molar-refractivity contribution in [1.29, 1.82) is 0 Å². The quantitative estimate of drug-likeness (QED) is 0.808. The van der Waals surface area contributed by atoms with Gasteiger partial charge in [0, 0.05) is 18.9 Å². The minimum Gasteiger partial charge on any atom is -0.383 e. The molecule has 122 valence electrons. The number of hydrogen-bond acceptors (Lipinski definition) is 6. The molecule has 0 radical (unpaired) electrons. The molecule has 0 spiro atoms. The van der Waals surface area contributed by atoms with Crippen LogP contribution in [0.5, 0.6) is 0 Å². The number of anilines is 2. The van der Waals surface area contributed by atoms with E-state index < -0.39 is 21.8 Å². The summed E-state index contributed by atoms with van der Waals surface area (Å²) in [5, 5.41) is 5.10. The number of sulfonamides is 1. The first-order valence-electron chi connectivity index (χ1n) is 6.77. The van der Waals surface area contributed by atoms with E-state index in [0.29, 0.717) is 0 Å². The SMILES string of the molecule is Nc1nc(N2CC(CS(N)(=O)=O)CC2=O)nc2cccc(F)c12. The number of nitrogens with two attached hydrogens (primary N) is 2. The first-order chi connectivity index (χ1) is 10.7. The number of nitrogens with zero attached hydrogens (tertiary/aromatic N) is 3. The maximum Gasteiger partial charge on any atom is 0.234 e. The number of benzene rings is 1. The number of nitrogen functional groups attached to an aromatic ring is 1. The summed E-state index contributed by atoms with van der Waals surface area (Å²) in [7, 11) is -3.68. The van der Waals surface area contributed by atoms with E-state index in [1.165, 1.54) is 17.0 Å². The minimum absolute atomic E-state index is 0.0287. The second-order valence-corrected chi connectivity index (χ2v) is 7.11. The molecule has 1 fully saturated rings. The van der Waals surface area contributed by atoms with Gasteiger partial charge in [0.15, 0.2) is 0 Å². The molecule has 1 aromatic carbocycles. The van der Waals surface area contributed by atoms with Gasteiger partial charge >= 0.3 is 0 Å². The van der Waals surface area contributed by atoms with Gasteiger partial charge in [0.05, 0.1) is 16.7 Å². The molecule has 3 rings (SSSR count). The van der Waals surface area contributed by atoms with Gasteiger partial charge in [-0.25, -0.2) is 22.9 Å². The van der Waals surface area contributed by atoms with E-state index >= 15 is 0 Å². The van der Waals surface area contributed by atoms with Crippen molar-refractivity contribution in [3.8, 4) is 0 Å². The first kappa shape index (κ1) is 15.6. The van der Waals surface area contributed by atoms with E-state index in [0.717, 1.165) is 0 Å². The molecule has 1 saturated heterocycles. The molecule has 0 aliphatic carbocycles. The van der Waals surface area contributed by atoms with Crippen LogP contribution in [0.2, 0.25) is 0 Å². The Morgan fingerprint density at radius 3 is 2.78 bits per heavy atom. The number of amides is 1. The molecule has 1 amide bonds. The summed E-state index contributed by atoms with van der Waals surface area (Å²) in [5.74, 6) is -1.66. The lowest BCUT2D eigenvalue weighted by Gasteiger charge is -2.15. The van der Waals surface area contributed by atoms with Crippen molar-refractivity contribution in [3.63, 3.8) is 0 Å². The molecule has 0 saturated carbocycles. The Labute approximate surface area is 131 Å². The van der Waals surface area contributed by atoms with Crippen molar-refractivity contribution < 1.29 is 17.6 Å². The third-order valence-electron chi connectivity index (χ3n) is 3.60. The molecule has 1 aliphatic heterocycles. The zero-order valence-corrected chi connectivity index (χ0v) is 12.8. The van der Waals surface area contributed by atoms with Gasteiger partial charge in [0.1, 0.15) is 11.6 Å². The van der Waals surface area contributed by atoms with Crippen LogP contribution in [0.25, 0.3) is 10.9 Å². The fourth-order valence-electron chi connectivity index (χ4n) is 2.69. The van der Waals surface area contributed by atoms with Crippen LogP contribution >= 0.6 is 0 Å². The number of fused-ring (bicyclic) bond motifs is 1. The van der Waals surface area contributed by atoms with Crippen molar-refractivity contribution in [2.45, 2.75) is 6.42 Å². The van der Waals surface area contributed by atoms with Crippen molar-refractivity contribution >= 4 is 38.6 Å². The Kier molecular flexibility index (Phi) is 3.65. The van der Waals surface area contributed by atoms with Crippen LogP contribution in [0.15, 0.2) is 18.2 Å². The molecule has 8 nitrogen and oxygen atoms in total. The topological polar surface area (TPSA) is 132 Å². The Bertz CT molecular complexity index is 902. The Hall–Kier alpha value is -2.33. The maximum absolute atomic E-state index is 13.8. The maximum atomic E-state index is 13.8. The second kappa shape index (κ2) is 5.39. The van der Waals surface area contributed by atoms with Crippen molar-refractivity contribution in [1.82, 2.24) is 9.97 Å². The van der Waals surface area contributed by atoms with Gasteiger partial charge in [-0.15, -0.1) is 0 Å². The third-order valence-corrected chi connectivity index (χ3v) is 4.54. The first-order valence-corrected chi connectivity index (χ1v) is 8.49. The number of primary sulfonamides is 1. The molecular weight excluding hydrogens is 325 g/mol. The monoisotopic (exact) mass is 339 g/mol. The number of hydrogen-bond donors (Lipinski definition) is 2. The zero-order valence-electron chi connectivity index (χ0n) is 11.9. The largest absolute Gasteiger partial charge is 0.383 e. The van der Waals surface area contributed by atoms with Gasteiger partial charge in [-0.05, 0) is 12.1 Å². The number of aromatic nitrogens is 2. The van der Waals surface area contributed by atoms with E-state index in [2.05, 4.69) is 9.97 Å². The van der Waals surface area contributed by atoms with Crippen LogP contribution in [-0.2, 0) is 14.8 Å². The van der Waals surface area contributed by atoms with Crippen LogP contribution in [0.3, 0.4) is 0 Å². The van der Waals surface area contributed by atoms with Crippen molar-refractivity contribution in [2.24, 2.45) is 11.1 Å². The van der Waals surface area contributed by atoms with Crippen LogP contribution in [0.4, 0.5) is 16.2 Å². The summed E-state index contributed by atoms with van der Waals surface area (Å²) in [5.41, 5.74) is 6.04. The van der Waals surface area contributed by atoms with Crippen LogP contribution in [-0.4, -0.2) is 36.6 Å². The molecule has 1 aliphatic rings. The highest BCUT2D eigenvalue weighted by molar-refractivity contribution is 7.89. The normalized spacial score (nSPS) is 18.8. The van der Waals surface area contributed by atoms with Crippen molar-refractivity contribution in [2.75, 3.05) is 22.9 Å². The second-order valence-electron chi connectivity index (χ2n) is 5.45. The average molecular weight is 339 g/mol. The molecule has 1 unspecified atom stereocenters. The molecule has 1 atom stereocenters. The number of halogens is 1. The van der Waals surface area contributed by atoms with E-state index in [1.54, 1.807) is 6.07 Å². The number of carbonyl (C=O) groups excluding carboxylic acids is 1. The number of rotatable bonds is 3. The molecule has 2 aromatic rings. The highest BCUT2D eigenvalue weighted by atomic mass is 32.2. The molecule has 10 heteroatoms. The summed E-state index contributed by atoms with van der Waals surface area (Å²) >= 11 is 0. The lowest BCUT2D eigenvalue weighted by atomic mass is 10.1. The molecule has 2 heterocycles. The predicted molar refractivity (Wildman–Crippen MR) is 82.3 cm³/mol. The fraction of sp³-hybridized carbons (Fsp3) is 0.308. The van der Waals surface area contributed by atoms with Gasteiger partial charge in [-0.1, -0.05) is 6.07 Å². The van der Waals surface area contributed by atoms with Crippen LogP contribution in [0.1, 0.15) is 6.42 Å². The fourth-order valence-corrected chi connectivity index (χ4v) is 3.57. The van der Waals surface area contributed by atoms with E-state index in [1.807, 2.05) is 0 Å². The zero-order chi connectivity index (χ0) is 16.8. The van der Waals surface area contributed by atoms with Gasteiger partial charge in [0.25, 0.3) is 0 Å². The van der Waals surface area contributed by atoms with Crippen LogP contribution in [0, 0.1) is 11.7 Å². The average Bonchev–Trinajstić information content (AvgIpc) is 2.76. The van der Waals surface area contributed by atoms with Crippen molar-refractivity contribution in [3.05, 3.63) is 24.0 Å². The van der Waals surface area contributed by atoms with Crippen LogP contribution < -0.4 is 15.8 Å². The Morgan fingerprint density at radius 1 is 1.35 bits per heavy atom. The highest BCUT2D eigenvalue weighted by Crippen LogP contribution is 2.28. The third kappa shape index (κ3) is 3.08. The summed E-state index contributed by atoms with van der Waals surface area (Å²) in [6.45, 7) is 0.121. The van der Waals surface area contributed by atoms with Gasteiger partial charge < -0.3 is 5.73 Å². The Morgan fingerprint density at radius 2 is 2.09 bits per heavy atom. The molecule has 0 bridgehead atoms. The summed E-state index contributed by atoms with van der Waals surface area (Å²) in [6.07, 6.45) is 0.0287. The predicted octanol–water partition coefficient (Wildman–Crippen LogP) is -0.00750. The summed E-state index contributed by atoms with van der Waals surface area (Å²) in [6, 6.07) is 4.27. The van der Waals surface area contributed by atoms with E-state index in [9.17, 15) is 17.6 Å². The molecule has 1 aromatic heterocycles. The Balaban J connectivity index is 1.96. The number of carbonyl (C=O) groups is 1. The molecule has 23 heavy (non-hydrogen) atoms. The van der Waals surface area contributed by atoms with Gasteiger partial charge in [0.2, 0.25) is 21.9 Å². The minimum atomic E-state index is -3.68.